The van der Waals surface area contributed by atoms with E-state index in [1.165, 1.54) is 7.11 Å². The van der Waals surface area contributed by atoms with Crippen LogP contribution in [0.25, 0.3) is 10.8 Å². The van der Waals surface area contributed by atoms with Gasteiger partial charge in [0.1, 0.15) is 5.75 Å². The highest BCUT2D eigenvalue weighted by Gasteiger charge is 2.34. The summed E-state index contributed by atoms with van der Waals surface area (Å²) >= 11 is 0. The van der Waals surface area contributed by atoms with Crippen molar-refractivity contribution in [2.75, 3.05) is 7.11 Å². The quantitative estimate of drug-likeness (QED) is 0.580. The summed E-state index contributed by atoms with van der Waals surface area (Å²) < 4.78 is 10.1. The molecule has 4 heteroatoms. The molecule has 0 saturated heterocycles. The standard InChI is InChI=1S/C15H12O4/c1-18-15(17)12-8-13(16)19-14-10-5-3-2-4-9(10)6-7-11(12)14/h2-7,12H,8H2,1H3. The maximum atomic E-state index is 11.8. The molecule has 2 aromatic carbocycles. The molecule has 1 unspecified atom stereocenters. The van der Waals surface area contributed by atoms with Crippen LogP contribution >= 0.6 is 0 Å². The van der Waals surface area contributed by atoms with Crippen molar-refractivity contribution in [3.05, 3.63) is 42.0 Å². The zero-order chi connectivity index (χ0) is 13.4. The number of carbonyl (C=O) groups excluding carboxylic acids is 2. The summed E-state index contributed by atoms with van der Waals surface area (Å²) in [5.41, 5.74) is 0.713. The molecule has 1 aliphatic rings. The molecule has 0 amide bonds. The Bertz CT molecular complexity index is 675. The Morgan fingerprint density at radius 3 is 2.84 bits per heavy atom. The predicted molar refractivity (Wildman–Crippen MR) is 69.0 cm³/mol. The largest absolute Gasteiger partial charge is 0.469 e. The molecule has 4 nitrogen and oxygen atoms in total. The second-order valence-corrected chi connectivity index (χ2v) is 4.46. The fourth-order valence-electron chi connectivity index (χ4n) is 2.43. The van der Waals surface area contributed by atoms with Gasteiger partial charge in [-0.25, -0.2) is 0 Å². The first kappa shape index (κ1) is 11.7. The third-order valence-corrected chi connectivity index (χ3v) is 3.36. The Hall–Kier alpha value is -2.36. The number of carbonyl (C=O) groups is 2. The number of methoxy groups -OCH3 is 1. The van der Waals surface area contributed by atoms with Crippen LogP contribution in [-0.4, -0.2) is 19.0 Å². The summed E-state index contributed by atoms with van der Waals surface area (Å²) in [6, 6.07) is 11.3. The van der Waals surface area contributed by atoms with Gasteiger partial charge in [-0.2, -0.15) is 0 Å². The van der Waals surface area contributed by atoms with Crippen molar-refractivity contribution < 1.29 is 19.1 Å². The van der Waals surface area contributed by atoms with Crippen LogP contribution in [0.5, 0.6) is 5.75 Å². The molecule has 0 N–H and O–H groups in total. The van der Waals surface area contributed by atoms with Crippen molar-refractivity contribution in [2.45, 2.75) is 12.3 Å². The van der Waals surface area contributed by atoms with Crippen molar-refractivity contribution in [1.82, 2.24) is 0 Å². The van der Waals surface area contributed by atoms with E-state index in [-0.39, 0.29) is 6.42 Å². The molecule has 19 heavy (non-hydrogen) atoms. The average molecular weight is 256 g/mol. The molecule has 1 heterocycles. The normalized spacial score (nSPS) is 17.7. The van der Waals surface area contributed by atoms with E-state index in [9.17, 15) is 9.59 Å². The van der Waals surface area contributed by atoms with Gasteiger partial charge in [0, 0.05) is 10.9 Å². The molecule has 0 fully saturated rings. The summed E-state index contributed by atoms with van der Waals surface area (Å²) in [7, 11) is 1.32. The van der Waals surface area contributed by atoms with Crippen LogP contribution in [0.2, 0.25) is 0 Å². The number of hydrogen-bond acceptors (Lipinski definition) is 4. The molecule has 96 valence electrons. The van der Waals surface area contributed by atoms with Crippen LogP contribution in [0.4, 0.5) is 0 Å². The van der Waals surface area contributed by atoms with Gasteiger partial charge in [0.2, 0.25) is 0 Å². The maximum absolute atomic E-state index is 11.8. The summed E-state index contributed by atoms with van der Waals surface area (Å²) in [6.45, 7) is 0. The van der Waals surface area contributed by atoms with Crippen LogP contribution in [0, 0.1) is 0 Å². The molecule has 0 aliphatic carbocycles. The highest BCUT2D eigenvalue weighted by Crippen LogP contribution is 2.40. The lowest BCUT2D eigenvalue weighted by Gasteiger charge is -2.23. The lowest BCUT2D eigenvalue weighted by molar-refractivity contribution is -0.147. The Balaban J connectivity index is 2.23. The molecule has 2 aromatic rings. The van der Waals surface area contributed by atoms with Crippen molar-refractivity contribution in [1.29, 1.82) is 0 Å². The molecule has 1 aliphatic heterocycles. The lowest BCUT2D eigenvalue weighted by Crippen LogP contribution is -2.26. The Morgan fingerprint density at radius 1 is 1.26 bits per heavy atom. The van der Waals surface area contributed by atoms with Crippen molar-refractivity contribution in [3.8, 4) is 5.75 Å². The van der Waals surface area contributed by atoms with E-state index < -0.39 is 17.9 Å². The van der Waals surface area contributed by atoms with Crippen LogP contribution < -0.4 is 4.74 Å². The zero-order valence-corrected chi connectivity index (χ0v) is 10.4. The first-order valence-electron chi connectivity index (χ1n) is 6.01. The van der Waals surface area contributed by atoms with E-state index in [1.807, 2.05) is 36.4 Å². The second-order valence-electron chi connectivity index (χ2n) is 4.46. The summed E-state index contributed by atoms with van der Waals surface area (Å²) in [5.74, 6) is -0.914. The Labute approximate surface area is 109 Å². The molecule has 3 rings (SSSR count). The highest BCUT2D eigenvalue weighted by molar-refractivity contribution is 5.97. The van der Waals surface area contributed by atoms with Crippen LogP contribution in [0.3, 0.4) is 0 Å². The van der Waals surface area contributed by atoms with E-state index in [0.29, 0.717) is 11.3 Å². The number of fused-ring (bicyclic) bond motifs is 3. The fraction of sp³-hybridized carbons (Fsp3) is 0.200. The van der Waals surface area contributed by atoms with Gasteiger partial charge in [0.25, 0.3) is 0 Å². The molecule has 0 radical (unpaired) electrons. The lowest BCUT2D eigenvalue weighted by atomic mass is 9.90. The summed E-state index contributed by atoms with van der Waals surface area (Å²) in [5, 5.41) is 1.81. The van der Waals surface area contributed by atoms with Gasteiger partial charge in [0.05, 0.1) is 19.4 Å². The molecular weight excluding hydrogens is 244 g/mol. The van der Waals surface area contributed by atoms with Gasteiger partial charge >= 0.3 is 11.9 Å². The number of esters is 2. The summed E-state index contributed by atoms with van der Waals surface area (Å²) in [6.07, 6.45) is 0.0258. The van der Waals surface area contributed by atoms with E-state index >= 15 is 0 Å². The molecular formula is C15H12O4. The van der Waals surface area contributed by atoms with Crippen molar-refractivity contribution >= 4 is 22.7 Å². The van der Waals surface area contributed by atoms with E-state index in [2.05, 4.69) is 0 Å². The second kappa shape index (κ2) is 4.39. The average Bonchev–Trinajstić information content (AvgIpc) is 2.45. The molecule has 0 aromatic heterocycles. The zero-order valence-electron chi connectivity index (χ0n) is 10.4. The van der Waals surface area contributed by atoms with Gasteiger partial charge in [0.15, 0.2) is 0 Å². The first-order chi connectivity index (χ1) is 9.20. The Kier molecular flexibility index (Phi) is 2.71. The number of rotatable bonds is 1. The summed E-state index contributed by atoms with van der Waals surface area (Å²) in [4.78, 5) is 23.5. The number of ether oxygens (including phenoxy) is 2. The molecule has 1 atom stereocenters. The monoisotopic (exact) mass is 256 g/mol. The maximum Gasteiger partial charge on any atom is 0.313 e. The van der Waals surface area contributed by atoms with Gasteiger partial charge in [-0.3, -0.25) is 9.59 Å². The highest BCUT2D eigenvalue weighted by atomic mass is 16.5. The minimum Gasteiger partial charge on any atom is -0.469 e. The topological polar surface area (TPSA) is 52.6 Å². The van der Waals surface area contributed by atoms with Gasteiger partial charge in [-0.05, 0) is 5.39 Å². The SMILES string of the molecule is COC(=O)C1CC(=O)Oc2c1ccc1ccccc21. The third kappa shape index (κ3) is 1.85. The number of hydrogen-bond donors (Lipinski definition) is 0. The van der Waals surface area contributed by atoms with Crippen LogP contribution in [0.1, 0.15) is 17.9 Å². The third-order valence-electron chi connectivity index (χ3n) is 3.36. The predicted octanol–water partition coefficient (Wildman–Crippen LogP) is 2.41. The van der Waals surface area contributed by atoms with Crippen LogP contribution in [-0.2, 0) is 14.3 Å². The van der Waals surface area contributed by atoms with E-state index in [1.54, 1.807) is 0 Å². The molecule has 0 spiro atoms. The van der Waals surface area contributed by atoms with Crippen molar-refractivity contribution in [2.24, 2.45) is 0 Å². The number of benzene rings is 2. The van der Waals surface area contributed by atoms with E-state index in [0.717, 1.165) is 10.8 Å². The minimum atomic E-state index is -0.578. The van der Waals surface area contributed by atoms with Gasteiger partial charge < -0.3 is 9.47 Å². The van der Waals surface area contributed by atoms with E-state index in [4.69, 9.17) is 9.47 Å². The van der Waals surface area contributed by atoms with Crippen molar-refractivity contribution in [3.63, 3.8) is 0 Å². The fourth-order valence-corrected chi connectivity index (χ4v) is 2.43. The van der Waals surface area contributed by atoms with Gasteiger partial charge in [-0.15, -0.1) is 0 Å². The molecule has 0 bridgehead atoms. The molecule has 0 saturated carbocycles. The van der Waals surface area contributed by atoms with Crippen LogP contribution in [0.15, 0.2) is 36.4 Å². The smallest absolute Gasteiger partial charge is 0.313 e. The first-order valence-corrected chi connectivity index (χ1v) is 6.01. The Morgan fingerprint density at radius 2 is 2.05 bits per heavy atom. The van der Waals surface area contributed by atoms with Gasteiger partial charge in [-0.1, -0.05) is 36.4 Å². The minimum absolute atomic E-state index is 0.0258.